The molecule has 0 aromatic carbocycles. The minimum Gasteiger partial charge on any atom is -0.478 e. The molecule has 0 atom stereocenters. The first-order valence-corrected chi connectivity index (χ1v) is 9.63. The molecule has 0 saturated heterocycles. The Morgan fingerprint density at radius 2 is 2.12 bits per heavy atom. The van der Waals surface area contributed by atoms with Gasteiger partial charge in [-0.25, -0.2) is 9.59 Å². The van der Waals surface area contributed by atoms with Gasteiger partial charge < -0.3 is 14.7 Å². The van der Waals surface area contributed by atoms with Crippen molar-refractivity contribution in [2.24, 2.45) is 0 Å². The number of carboxylic acids is 1. The monoisotopic (exact) mass is 381 g/mol. The average molecular weight is 381 g/mol. The summed E-state index contributed by atoms with van der Waals surface area (Å²) in [6.07, 6.45) is 6.24. The Morgan fingerprint density at radius 1 is 1.38 bits per heavy atom. The third-order valence-corrected chi connectivity index (χ3v) is 5.04. The summed E-state index contributed by atoms with van der Waals surface area (Å²) in [4.78, 5) is 36.0. The quantitative estimate of drug-likeness (QED) is 0.452. The molecule has 0 spiro atoms. The molecule has 1 aromatic heterocycles. The van der Waals surface area contributed by atoms with Crippen LogP contribution in [-0.2, 0) is 22.5 Å². The fraction of sp³-hybridized carbons (Fsp3) is 0.526. The van der Waals surface area contributed by atoms with Crippen molar-refractivity contribution < 1.29 is 24.2 Å². The Labute approximate surface area is 158 Å². The van der Waals surface area contributed by atoms with E-state index in [1.165, 1.54) is 16.2 Å². The number of ether oxygens (including phenoxy) is 1. The molecule has 2 heterocycles. The van der Waals surface area contributed by atoms with Gasteiger partial charge in [-0.2, -0.15) is 0 Å². The standard InChI is InChI=1S/C11H13NO3S.C8H14O2/c1-2-15-11(14)12-4-3-10-8(6-12)5-9(7-13)16-10;1-3-4-5-6-7(2)8(9)10/h5,7H,2-4,6H2,1H3;6H,3-5H2,1-2H3,(H,9,10). The lowest BCUT2D eigenvalue weighted by atomic mass is 10.1. The van der Waals surface area contributed by atoms with Crippen LogP contribution in [0.1, 0.15) is 60.1 Å². The van der Waals surface area contributed by atoms with E-state index in [0.717, 1.165) is 42.4 Å². The first-order valence-electron chi connectivity index (χ1n) is 8.81. The number of nitrogens with zero attached hydrogens (tertiary/aromatic N) is 1. The maximum atomic E-state index is 11.5. The lowest BCUT2D eigenvalue weighted by Crippen LogP contribution is -2.35. The summed E-state index contributed by atoms with van der Waals surface area (Å²) in [5.41, 5.74) is 1.53. The normalized spacial score (nSPS) is 13.3. The molecule has 0 radical (unpaired) electrons. The number of carbonyl (C=O) groups is 3. The number of amides is 1. The SMILES string of the molecule is CCCCC=C(C)C(=O)O.CCOC(=O)N1CCc2sc(C=O)cc2C1. The minimum absolute atomic E-state index is 0.271. The van der Waals surface area contributed by atoms with E-state index in [4.69, 9.17) is 9.84 Å². The van der Waals surface area contributed by atoms with Gasteiger partial charge >= 0.3 is 12.1 Å². The molecule has 1 aliphatic heterocycles. The van der Waals surface area contributed by atoms with Crippen LogP contribution >= 0.6 is 11.3 Å². The largest absolute Gasteiger partial charge is 0.478 e. The number of hydrogen-bond acceptors (Lipinski definition) is 5. The molecule has 1 aromatic rings. The minimum atomic E-state index is -0.809. The molecular weight excluding hydrogens is 354 g/mol. The van der Waals surface area contributed by atoms with E-state index < -0.39 is 5.97 Å². The summed E-state index contributed by atoms with van der Waals surface area (Å²) >= 11 is 1.52. The van der Waals surface area contributed by atoms with Gasteiger partial charge in [0, 0.05) is 17.0 Å². The van der Waals surface area contributed by atoms with E-state index in [1.54, 1.807) is 24.8 Å². The highest BCUT2D eigenvalue weighted by molar-refractivity contribution is 7.13. The molecule has 0 fully saturated rings. The zero-order valence-electron chi connectivity index (χ0n) is 15.6. The van der Waals surface area contributed by atoms with Gasteiger partial charge in [-0.15, -0.1) is 11.3 Å². The first kappa shape index (κ1) is 21.9. The maximum Gasteiger partial charge on any atom is 0.410 e. The van der Waals surface area contributed by atoms with Gasteiger partial charge in [0.05, 0.1) is 18.0 Å². The van der Waals surface area contributed by atoms with E-state index >= 15 is 0 Å². The number of hydrogen-bond donors (Lipinski definition) is 1. The van der Waals surface area contributed by atoms with Crippen molar-refractivity contribution in [3.63, 3.8) is 0 Å². The Morgan fingerprint density at radius 3 is 2.69 bits per heavy atom. The number of rotatable bonds is 6. The number of aldehydes is 1. The van der Waals surface area contributed by atoms with Gasteiger partial charge in [0.15, 0.2) is 6.29 Å². The highest BCUT2D eigenvalue weighted by Crippen LogP contribution is 2.27. The van der Waals surface area contributed by atoms with Crippen LogP contribution in [0.25, 0.3) is 0 Å². The van der Waals surface area contributed by atoms with Crippen molar-refractivity contribution in [3.8, 4) is 0 Å². The number of carbonyl (C=O) groups excluding carboxylic acids is 2. The molecule has 0 bridgehead atoms. The number of allylic oxidation sites excluding steroid dienone is 1. The molecule has 0 unspecified atom stereocenters. The second-order valence-electron chi connectivity index (χ2n) is 5.92. The highest BCUT2D eigenvalue weighted by Gasteiger charge is 2.23. The molecular formula is C19H27NO5S. The zero-order valence-corrected chi connectivity index (χ0v) is 16.4. The van der Waals surface area contributed by atoms with Crippen LogP contribution in [0, 0.1) is 0 Å². The molecule has 0 saturated carbocycles. The predicted octanol–water partition coefficient (Wildman–Crippen LogP) is 4.28. The van der Waals surface area contributed by atoms with Gasteiger partial charge in [-0.3, -0.25) is 4.79 Å². The number of fused-ring (bicyclic) bond motifs is 1. The summed E-state index contributed by atoms with van der Waals surface area (Å²) in [6.45, 7) is 7.12. The average Bonchev–Trinajstić information content (AvgIpc) is 3.04. The van der Waals surface area contributed by atoms with E-state index in [9.17, 15) is 14.4 Å². The summed E-state index contributed by atoms with van der Waals surface area (Å²) in [7, 11) is 0. The molecule has 2 rings (SSSR count). The molecule has 1 aliphatic rings. The van der Waals surface area contributed by atoms with Gasteiger partial charge in [-0.1, -0.05) is 25.8 Å². The molecule has 6 nitrogen and oxygen atoms in total. The van der Waals surface area contributed by atoms with Gasteiger partial charge in [-0.05, 0) is 38.3 Å². The fourth-order valence-electron chi connectivity index (χ4n) is 2.39. The Bertz CT molecular complexity index is 650. The van der Waals surface area contributed by atoms with Crippen molar-refractivity contribution in [3.05, 3.63) is 33.0 Å². The molecule has 1 N–H and O–H groups in total. The summed E-state index contributed by atoms with van der Waals surface area (Å²) < 4.78 is 4.95. The van der Waals surface area contributed by atoms with Crippen LogP contribution in [0.2, 0.25) is 0 Å². The van der Waals surface area contributed by atoms with E-state index in [-0.39, 0.29) is 6.09 Å². The van der Waals surface area contributed by atoms with Crippen LogP contribution in [-0.4, -0.2) is 41.5 Å². The number of unbranched alkanes of at least 4 members (excludes halogenated alkanes) is 2. The lowest BCUT2D eigenvalue weighted by molar-refractivity contribution is -0.132. The van der Waals surface area contributed by atoms with Crippen LogP contribution in [0.5, 0.6) is 0 Å². The summed E-state index contributed by atoms with van der Waals surface area (Å²) in [6, 6.07) is 1.86. The second kappa shape index (κ2) is 11.5. The molecule has 1 amide bonds. The third kappa shape index (κ3) is 7.00. The molecule has 7 heteroatoms. The van der Waals surface area contributed by atoms with Crippen molar-refractivity contribution in [2.45, 2.75) is 53.0 Å². The molecule has 144 valence electrons. The second-order valence-corrected chi connectivity index (χ2v) is 7.09. The number of carboxylic acid groups (broad SMARTS) is 1. The lowest BCUT2D eigenvalue weighted by Gasteiger charge is -2.25. The third-order valence-electron chi connectivity index (χ3n) is 3.87. The number of aliphatic carboxylic acids is 1. The predicted molar refractivity (Wildman–Crippen MR) is 102 cm³/mol. The van der Waals surface area contributed by atoms with Gasteiger partial charge in [0.1, 0.15) is 0 Å². The van der Waals surface area contributed by atoms with Crippen LogP contribution < -0.4 is 0 Å². The van der Waals surface area contributed by atoms with Crippen LogP contribution in [0.4, 0.5) is 4.79 Å². The molecule has 0 aliphatic carbocycles. The maximum absolute atomic E-state index is 11.5. The van der Waals surface area contributed by atoms with Gasteiger partial charge in [0.25, 0.3) is 0 Å². The first-order chi connectivity index (χ1) is 12.4. The van der Waals surface area contributed by atoms with Crippen molar-refractivity contribution >= 4 is 29.7 Å². The zero-order chi connectivity index (χ0) is 19.5. The number of thiophene rings is 1. The topological polar surface area (TPSA) is 83.9 Å². The highest BCUT2D eigenvalue weighted by atomic mass is 32.1. The summed E-state index contributed by atoms with van der Waals surface area (Å²) in [5, 5.41) is 8.41. The Kier molecular flexibility index (Phi) is 9.65. The summed E-state index contributed by atoms with van der Waals surface area (Å²) in [5.74, 6) is -0.809. The van der Waals surface area contributed by atoms with Crippen molar-refractivity contribution in [1.82, 2.24) is 4.90 Å². The van der Waals surface area contributed by atoms with Gasteiger partial charge in [0.2, 0.25) is 0 Å². The van der Waals surface area contributed by atoms with Crippen molar-refractivity contribution in [1.29, 1.82) is 0 Å². The van der Waals surface area contributed by atoms with E-state index in [1.807, 2.05) is 6.07 Å². The Hall–Kier alpha value is -2.15. The van der Waals surface area contributed by atoms with Crippen LogP contribution in [0.15, 0.2) is 17.7 Å². The van der Waals surface area contributed by atoms with E-state index in [2.05, 4.69) is 6.92 Å². The van der Waals surface area contributed by atoms with Crippen molar-refractivity contribution in [2.75, 3.05) is 13.2 Å². The fourth-order valence-corrected chi connectivity index (χ4v) is 3.38. The Balaban J connectivity index is 0.000000294. The van der Waals surface area contributed by atoms with E-state index in [0.29, 0.717) is 25.3 Å². The molecule has 26 heavy (non-hydrogen) atoms. The smallest absolute Gasteiger partial charge is 0.410 e. The van der Waals surface area contributed by atoms with Crippen LogP contribution in [0.3, 0.4) is 0 Å².